The highest BCUT2D eigenvalue weighted by atomic mass is 16.5. The minimum absolute atomic E-state index is 0.216. The summed E-state index contributed by atoms with van der Waals surface area (Å²) in [7, 11) is 3.27. The molecule has 2 fully saturated rings. The Labute approximate surface area is 165 Å². The summed E-state index contributed by atoms with van der Waals surface area (Å²) in [6.07, 6.45) is 1.77. The molecule has 1 saturated carbocycles. The number of piperazine rings is 1. The minimum atomic E-state index is -0.413. The van der Waals surface area contributed by atoms with Gasteiger partial charge in [0.25, 0.3) is 0 Å². The first-order valence-electron chi connectivity index (χ1n) is 9.65. The van der Waals surface area contributed by atoms with E-state index in [1.54, 1.807) is 14.2 Å². The number of hydrogen-bond acceptors (Lipinski definition) is 6. The van der Waals surface area contributed by atoms with Crippen molar-refractivity contribution in [2.45, 2.75) is 25.2 Å². The van der Waals surface area contributed by atoms with Crippen LogP contribution in [0.1, 0.15) is 24.2 Å². The van der Waals surface area contributed by atoms with Gasteiger partial charge in [0.05, 0.1) is 19.6 Å². The maximum Gasteiger partial charge on any atom is 0.233 e. The van der Waals surface area contributed by atoms with Crippen LogP contribution in [0.4, 0.5) is 5.82 Å². The van der Waals surface area contributed by atoms with E-state index in [9.17, 15) is 4.79 Å². The third-order valence-electron chi connectivity index (χ3n) is 5.68. The van der Waals surface area contributed by atoms with Crippen LogP contribution in [-0.4, -0.2) is 61.2 Å². The molecule has 0 N–H and O–H groups in total. The molecular formula is C21H26N4O3. The Morgan fingerprint density at radius 3 is 2.39 bits per heavy atom. The predicted octanol–water partition coefficient (Wildman–Crippen LogP) is 2.18. The van der Waals surface area contributed by atoms with Crippen molar-refractivity contribution in [2.24, 2.45) is 0 Å². The molecule has 4 rings (SSSR count). The lowest BCUT2D eigenvalue weighted by Crippen LogP contribution is -2.51. The second-order valence-corrected chi connectivity index (χ2v) is 7.38. The van der Waals surface area contributed by atoms with Crippen molar-refractivity contribution in [2.75, 3.05) is 45.3 Å². The molecule has 2 aliphatic rings. The maximum atomic E-state index is 13.4. The molecule has 0 atom stereocenters. The number of nitrogens with zero attached hydrogens (tertiary/aromatic N) is 4. The fourth-order valence-electron chi connectivity index (χ4n) is 4.00. The molecule has 148 valence electrons. The van der Waals surface area contributed by atoms with Gasteiger partial charge in [-0.3, -0.25) is 4.79 Å². The van der Waals surface area contributed by atoms with Crippen LogP contribution in [0.5, 0.6) is 11.6 Å². The van der Waals surface area contributed by atoms with Crippen molar-refractivity contribution in [3.63, 3.8) is 0 Å². The Morgan fingerprint density at radius 2 is 1.75 bits per heavy atom. The lowest BCUT2D eigenvalue weighted by atomic mass is 9.93. The molecule has 2 aromatic rings. The lowest BCUT2D eigenvalue weighted by Gasteiger charge is -2.37. The fourth-order valence-corrected chi connectivity index (χ4v) is 4.00. The van der Waals surface area contributed by atoms with Crippen molar-refractivity contribution in [3.8, 4) is 11.6 Å². The van der Waals surface area contributed by atoms with E-state index >= 15 is 0 Å². The van der Waals surface area contributed by atoms with Crippen LogP contribution < -0.4 is 14.4 Å². The molecule has 1 aromatic heterocycles. The molecule has 7 nitrogen and oxygen atoms in total. The van der Waals surface area contributed by atoms with E-state index in [1.165, 1.54) is 0 Å². The summed E-state index contributed by atoms with van der Waals surface area (Å²) in [4.78, 5) is 26.3. The number of aryl methyl sites for hydroxylation is 1. The summed E-state index contributed by atoms with van der Waals surface area (Å²) in [6.45, 7) is 4.71. The molecule has 1 aliphatic carbocycles. The number of carbonyl (C=O) groups excluding carboxylic acids is 1. The van der Waals surface area contributed by atoms with Crippen LogP contribution >= 0.6 is 0 Å². The van der Waals surface area contributed by atoms with Crippen LogP contribution in [0.2, 0.25) is 0 Å². The van der Waals surface area contributed by atoms with Crippen molar-refractivity contribution in [3.05, 3.63) is 41.7 Å². The van der Waals surface area contributed by atoms with Crippen LogP contribution in [-0.2, 0) is 10.2 Å². The quantitative estimate of drug-likeness (QED) is 0.790. The van der Waals surface area contributed by atoms with Crippen molar-refractivity contribution >= 4 is 11.7 Å². The summed E-state index contributed by atoms with van der Waals surface area (Å²) < 4.78 is 10.8. The Bertz CT molecular complexity index is 874. The van der Waals surface area contributed by atoms with Crippen molar-refractivity contribution < 1.29 is 14.3 Å². The molecule has 1 saturated heterocycles. The molecule has 0 bridgehead atoms. The first-order chi connectivity index (χ1) is 13.6. The Morgan fingerprint density at radius 1 is 1.04 bits per heavy atom. The zero-order chi connectivity index (χ0) is 19.7. The monoisotopic (exact) mass is 382 g/mol. The predicted molar refractivity (Wildman–Crippen MR) is 106 cm³/mol. The summed E-state index contributed by atoms with van der Waals surface area (Å²) in [5.74, 6) is 3.11. The molecule has 1 amide bonds. The fraction of sp³-hybridized carbons (Fsp3) is 0.476. The number of hydrogen-bond donors (Lipinski definition) is 0. The van der Waals surface area contributed by atoms with Gasteiger partial charge in [-0.1, -0.05) is 18.2 Å². The average Bonchev–Trinajstić information content (AvgIpc) is 3.54. The number of rotatable bonds is 5. The van der Waals surface area contributed by atoms with Gasteiger partial charge >= 0.3 is 0 Å². The van der Waals surface area contributed by atoms with E-state index in [0.717, 1.165) is 43.1 Å². The van der Waals surface area contributed by atoms with Crippen molar-refractivity contribution in [1.29, 1.82) is 0 Å². The molecule has 1 aliphatic heterocycles. The third-order valence-corrected chi connectivity index (χ3v) is 5.68. The van der Waals surface area contributed by atoms with E-state index in [0.29, 0.717) is 24.8 Å². The smallest absolute Gasteiger partial charge is 0.233 e. The van der Waals surface area contributed by atoms with Gasteiger partial charge in [-0.05, 0) is 25.8 Å². The summed E-state index contributed by atoms with van der Waals surface area (Å²) in [5.41, 5.74) is 0.602. The van der Waals surface area contributed by atoms with Gasteiger partial charge in [0.2, 0.25) is 11.8 Å². The standard InChI is InChI=1S/C21H26N4O3/c1-15-22-18(14-19(23-15)28-3)24-10-12-25(13-11-24)20(26)21(8-9-21)16-6-4-5-7-17(16)27-2/h4-7,14H,8-13H2,1-3H3. The molecule has 7 heteroatoms. The van der Waals surface area contributed by atoms with Crippen LogP contribution in [0, 0.1) is 6.92 Å². The highest BCUT2D eigenvalue weighted by molar-refractivity contribution is 5.92. The van der Waals surface area contributed by atoms with Gasteiger partial charge in [-0.2, -0.15) is 4.98 Å². The Balaban J connectivity index is 1.47. The van der Waals surface area contributed by atoms with Gasteiger partial charge in [-0.25, -0.2) is 4.98 Å². The Kier molecular flexibility index (Phi) is 4.83. The van der Waals surface area contributed by atoms with Crippen LogP contribution in [0.3, 0.4) is 0 Å². The highest BCUT2D eigenvalue weighted by Gasteiger charge is 2.54. The van der Waals surface area contributed by atoms with Gasteiger partial charge in [0.15, 0.2) is 0 Å². The third kappa shape index (κ3) is 3.25. The largest absolute Gasteiger partial charge is 0.496 e. The minimum Gasteiger partial charge on any atom is -0.496 e. The van der Waals surface area contributed by atoms with E-state index in [2.05, 4.69) is 14.9 Å². The molecular weight excluding hydrogens is 356 g/mol. The average molecular weight is 382 g/mol. The molecule has 0 spiro atoms. The molecule has 0 radical (unpaired) electrons. The molecule has 28 heavy (non-hydrogen) atoms. The summed E-state index contributed by atoms with van der Waals surface area (Å²) in [6, 6.07) is 9.73. The molecule has 2 heterocycles. The van der Waals surface area contributed by atoms with E-state index in [4.69, 9.17) is 9.47 Å². The van der Waals surface area contributed by atoms with Crippen molar-refractivity contribution in [1.82, 2.24) is 14.9 Å². The lowest BCUT2D eigenvalue weighted by molar-refractivity contribution is -0.134. The second-order valence-electron chi connectivity index (χ2n) is 7.38. The zero-order valence-electron chi connectivity index (χ0n) is 16.6. The SMILES string of the molecule is COc1cc(N2CCN(C(=O)C3(c4ccccc4OC)CC3)CC2)nc(C)n1. The number of anilines is 1. The number of ether oxygens (including phenoxy) is 2. The van der Waals surface area contributed by atoms with Crippen LogP contribution in [0.25, 0.3) is 0 Å². The van der Waals surface area contributed by atoms with E-state index < -0.39 is 5.41 Å². The highest BCUT2D eigenvalue weighted by Crippen LogP contribution is 2.52. The first kappa shape index (κ1) is 18.5. The normalized spacial score (nSPS) is 18.0. The molecule has 1 aromatic carbocycles. The van der Waals surface area contributed by atoms with Gasteiger partial charge in [0.1, 0.15) is 17.4 Å². The summed E-state index contributed by atoms with van der Waals surface area (Å²) >= 11 is 0. The number of methoxy groups -OCH3 is 2. The second kappa shape index (κ2) is 7.30. The van der Waals surface area contributed by atoms with Crippen LogP contribution in [0.15, 0.2) is 30.3 Å². The number of amides is 1. The van der Waals surface area contributed by atoms with E-state index in [1.807, 2.05) is 42.2 Å². The van der Waals surface area contributed by atoms with Gasteiger partial charge in [-0.15, -0.1) is 0 Å². The Hall–Kier alpha value is -2.83. The first-order valence-corrected chi connectivity index (χ1v) is 9.65. The topological polar surface area (TPSA) is 67.8 Å². The summed E-state index contributed by atoms with van der Waals surface area (Å²) in [5, 5.41) is 0. The zero-order valence-corrected chi connectivity index (χ0v) is 16.6. The van der Waals surface area contributed by atoms with Gasteiger partial charge < -0.3 is 19.3 Å². The number of aromatic nitrogens is 2. The van der Waals surface area contributed by atoms with E-state index in [-0.39, 0.29) is 5.91 Å². The molecule has 0 unspecified atom stereocenters. The number of carbonyl (C=O) groups is 1. The van der Waals surface area contributed by atoms with Gasteiger partial charge in [0, 0.05) is 37.8 Å². The maximum absolute atomic E-state index is 13.4. The number of benzene rings is 1. The number of para-hydroxylation sites is 1.